The monoisotopic (exact) mass is 454 g/mol. The molecule has 0 aliphatic rings. The zero-order valence-electron chi connectivity index (χ0n) is 15.1. The molecule has 0 aliphatic heterocycles. The third-order valence-electron chi connectivity index (χ3n) is 4.01. The van der Waals surface area contributed by atoms with E-state index in [4.69, 9.17) is 11.6 Å². The summed E-state index contributed by atoms with van der Waals surface area (Å²) in [5.41, 5.74) is -1.37. The maximum atomic E-state index is 12.9. The van der Waals surface area contributed by atoms with Crippen molar-refractivity contribution in [2.75, 3.05) is 10.0 Å². The van der Waals surface area contributed by atoms with Gasteiger partial charge >= 0.3 is 6.18 Å². The Morgan fingerprint density at radius 1 is 0.867 bits per heavy atom. The van der Waals surface area contributed by atoms with Crippen LogP contribution in [-0.4, -0.2) is 14.3 Å². The van der Waals surface area contributed by atoms with E-state index < -0.39 is 27.7 Å². The molecule has 0 fully saturated rings. The molecule has 3 rings (SSSR count). The number of carbonyl (C=O) groups is 1. The first kappa shape index (κ1) is 21.7. The van der Waals surface area contributed by atoms with Gasteiger partial charge in [-0.25, -0.2) is 8.42 Å². The first-order valence-electron chi connectivity index (χ1n) is 8.43. The van der Waals surface area contributed by atoms with Gasteiger partial charge in [0, 0.05) is 0 Å². The number of carbonyl (C=O) groups excluding carboxylic acids is 1. The zero-order valence-corrected chi connectivity index (χ0v) is 16.6. The Balaban J connectivity index is 1.90. The Hall–Kier alpha value is -3.04. The lowest BCUT2D eigenvalue weighted by Gasteiger charge is -2.14. The Bertz CT molecular complexity index is 1180. The number of alkyl halides is 3. The minimum Gasteiger partial charge on any atom is -0.321 e. The van der Waals surface area contributed by atoms with E-state index >= 15 is 0 Å². The average Bonchev–Trinajstić information content (AvgIpc) is 2.69. The Morgan fingerprint density at radius 3 is 2.17 bits per heavy atom. The lowest BCUT2D eigenvalue weighted by molar-refractivity contribution is -0.137. The molecule has 3 aromatic carbocycles. The normalized spacial score (nSPS) is 11.7. The summed E-state index contributed by atoms with van der Waals surface area (Å²) in [4.78, 5) is 12.7. The molecule has 0 aromatic heterocycles. The van der Waals surface area contributed by atoms with Gasteiger partial charge in [-0.3, -0.25) is 9.52 Å². The molecule has 30 heavy (non-hydrogen) atoms. The van der Waals surface area contributed by atoms with Gasteiger partial charge in [-0.15, -0.1) is 0 Å². The van der Waals surface area contributed by atoms with E-state index in [9.17, 15) is 26.4 Å². The lowest BCUT2D eigenvalue weighted by atomic mass is 10.1. The number of benzene rings is 3. The summed E-state index contributed by atoms with van der Waals surface area (Å²) in [5, 5.41) is 2.20. The van der Waals surface area contributed by atoms with E-state index in [0.717, 1.165) is 12.1 Å². The van der Waals surface area contributed by atoms with Gasteiger partial charge in [0.2, 0.25) is 0 Å². The van der Waals surface area contributed by atoms with E-state index in [2.05, 4.69) is 10.0 Å². The highest BCUT2D eigenvalue weighted by Gasteiger charge is 2.31. The topological polar surface area (TPSA) is 75.3 Å². The maximum Gasteiger partial charge on any atom is 0.416 e. The van der Waals surface area contributed by atoms with Crippen LogP contribution in [0, 0.1) is 0 Å². The van der Waals surface area contributed by atoms with Crippen LogP contribution in [0.2, 0.25) is 5.02 Å². The maximum absolute atomic E-state index is 12.9. The van der Waals surface area contributed by atoms with E-state index in [0.29, 0.717) is 6.07 Å². The number of sulfonamides is 1. The summed E-state index contributed by atoms with van der Waals surface area (Å²) in [6.45, 7) is 0. The van der Waals surface area contributed by atoms with Gasteiger partial charge in [0.25, 0.3) is 15.9 Å². The van der Waals surface area contributed by atoms with Crippen LogP contribution < -0.4 is 10.0 Å². The second-order valence-electron chi connectivity index (χ2n) is 6.11. The molecule has 0 saturated heterocycles. The number of rotatable bonds is 5. The summed E-state index contributed by atoms with van der Waals surface area (Å²) < 4.78 is 66.2. The molecule has 0 spiro atoms. The predicted molar refractivity (Wildman–Crippen MR) is 108 cm³/mol. The van der Waals surface area contributed by atoms with Gasteiger partial charge < -0.3 is 5.32 Å². The molecule has 3 aromatic rings. The predicted octanol–water partition coefficient (Wildman–Crippen LogP) is 5.41. The summed E-state index contributed by atoms with van der Waals surface area (Å²) in [6, 6.07) is 15.7. The molecule has 0 saturated carbocycles. The zero-order chi connectivity index (χ0) is 21.9. The number of para-hydroxylation sites is 1. The highest BCUT2D eigenvalue weighted by atomic mass is 35.5. The number of anilines is 2. The van der Waals surface area contributed by atoms with Crippen molar-refractivity contribution in [2.45, 2.75) is 11.1 Å². The van der Waals surface area contributed by atoms with Gasteiger partial charge in [0.15, 0.2) is 0 Å². The number of halogens is 4. The minimum atomic E-state index is -4.62. The van der Waals surface area contributed by atoms with Crippen LogP contribution in [0.4, 0.5) is 24.5 Å². The van der Waals surface area contributed by atoms with Crippen LogP contribution in [0.15, 0.2) is 77.7 Å². The van der Waals surface area contributed by atoms with Gasteiger partial charge in [-0.1, -0.05) is 41.9 Å². The van der Waals surface area contributed by atoms with Crippen molar-refractivity contribution in [3.63, 3.8) is 0 Å². The highest BCUT2D eigenvalue weighted by Crippen LogP contribution is 2.34. The molecule has 2 N–H and O–H groups in total. The van der Waals surface area contributed by atoms with E-state index in [1.54, 1.807) is 18.2 Å². The number of amides is 1. The summed E-state index contributed by atoms with van der Waals surface area (Å²) >= 11 is 5.91. The van der Waals surface area contributed by atoms with Crippen LogP contribution in [0.25, 0.3) is 0 Å². The van der Waals surface area contributed by atoms with E-state index in [1.807, 2.05) is 0 Å². The Kier molecular flexibility index (Phi) is 6.04. The van der Waals surface area contributed by atoms with Crippen LogP contribution in [0.3, 0.4) is 0 Å². The first-order valence-corrected chi connectivity index (χ1v) is 10.3. The third kappa shape index (κ3) is 4.92. The van der Waals surface area contributed by atoms with Crippen molar-refractivity contribution in [3.8, 4) is 0 Å². The van der Waals surface area contributed by atoms with Gasteiger partial charge in [-0.2, -0.15) is 13.2 Å². The molecule has 0 unspecified atom stereocenters. The van der Waals surface area contributed by atoms with Gasteiger partial charge in [0.1, 0.15) is 0 Å². The van der Waals surface area contributed by atoms with E-state index in [1.165, 1.54) is 36.4 Å². The van der Waals surface area contributed by atoms with Crippen molar-refractivity contribution in [1.82, 2.24) is 0 Å². The van der Waals surface area contributed by atoms with Gasteiger partial charge in [-0.05, 0) is 42.5 Å². The number of hydrogen-bond acceptors (Lipinski definition) is 3. The molecule has 10 heteroatoms. The van der Waals surface area contributed by atoms with Crippen molar-refractivity contribution in [3.05, 3.63) is 88.9 Å². The van der Waals surface area contributed by atoms with Crippen molar-refractivity contribution in [1.29, 1.82) is 0 Å². The van der Waals surface area contributed by atoms with Crippen LogP contribution in [0.1, 0.15) is 15.9 Å². The van der Waals surface area contributed by atoms with Crippen molar-refractivity contribution in [2.24, 2.45) is 0 Å². The Morgan fingerprint density at radius 2 is 1.50 bits per heavy atom. The van der Waals surface area contributed by atoms with Crippen molar-refractivity contribution < 1.29 is 26.4 Å². The van der Waals surface area contributed by atoms with Crippen LogP contribution in [0.5, 0.6) is 0 Å². The molecule has 156 valence electrons. The smallest absolute Gasteiger partial charge is 0.321 e. The molecule has 0 bridgehead atoms. The lowest BCUT2D eigenvalue weighted by Crippen LogP contribution is -2.19. The highest BCUT2D eigenvalue weighted by molar-refractivity contribution is 7.92. The second kappa shape index (κ2) is 8.37. The molecule has 0 heterocycles. The summed E-state index contributed by atoms with van der Waals surface area (Å²) in [6.07, 6.45) is -4.62. The van der Waals surface area contributed by atoms with Crippen molar-refractivity contribution >= 4 is 38.9 Å². The van der Waals surface area contributed by atoms with Crippen LogP contribution >= 0.6 is 11.6 Å². The fourth-order valence-electron chi connectivity index (χ4n) is 2.56. The summed E-state index contributed by atoms with van der Waals surface area (Å²) in [5.74, 6) is -0.831. The molecular formula is C20H14ClF3N2O3S. The van der Waals surface area contributed by atoms with Crippen LogP contribution in [-0.2, 0) is 16.2 Å². The number of nitrogens with one attached hydrogen (secondary N) is 2. The standard InChI is InChI=1S/C20H14ClF3N2O3S/c21-16-11-10-13(20(22,23)24)12-18(16)25-19(27)15-8-4-5-9-17(15)26-30(28,29)14-6-2-1-3-7-14/h1-12,26H,(H,25,27). The molecule has 0 atom stereocenters. The summed E-state index contributed by atoms with van der Waals surface area (Å²) in [7, 11) is -3.98. The first-order chi connectivity index (χ1) is 14.1. The van der Waals surface area contributed by atoms with E-state index in [-0.39, 0.29) is 26.9 Å². The Labute approximate surface area is 175 Å². The largest absolute Gasteiger partial charge is 0.416 e. The fraction of sp³-hybridized carbons (Fsp3) is 0.0500. The molecular weight excluding hydrogens is 441 g/mol. The molecule has 5 nitrogen and oxygen atoms in total. The van der Waals surface area contributed by atoms with Gasteiger partial charge in [0.05, 0.1) is 32.4 Å². The minimum absolute atomic E-state index is 0.0128. The molecule has 0 radical (unpaired) electrons. The SMILES string of the molecule is O=C(Nc1cc(C(F)(F)F)ccc1Cl)c1ccccc1NS(=O)(=O)c1ccccc1. The fourth-order valence-corrected chi connectivity index (χ4v) is 3.83. The quantitative estimate of drug-likeness (QED) is 0.541. The second-order valence-corrected chi connectivity index (χ2v) is 8.20. The molecule has 0 aliphatic carbocycles. The number of hydrogen-bond donors (Lipinski definition) is 2. The third-order valence-corrected chi connectivity index (χ3v) is 5.72. The molecule has 1 amide bonds. The average molecular weight is 455 g/mol.